The summed E-state index contributed by atoms with van der Waals surface area (Å²) in [5.74, 6) is 0.669. The third-order valence-electron chi connectivity index (χ3n) is 3.66. The van der Waals surface area contributed by atoms with Gasteiger partial charge in [-0.2, -0.15) is 0 Å². The van der Waals surface area contributed by atoms with Gasteiger partial charge in [0.05, 0.1) is 0 Å². The summed E-state index contributed by atoms with van der Waals surface area (Å²) in [5.41, 5.74) is 2.86. The van der Waals surface area contributed by atoms with Gasteiger partial charge in [-0.1, -0.05) is 52.0 Å². The van der Waals surface area contributed by atoms with Crippen LogP contribution in [0.15, 0.2) is 24.3 Å². The Morgan fingerprint density at radius 3 is 2.26 bits per heavy atom. The van der Waals surface area contributed by atoms with E-state index in [0.717, 1.165) is 19.6 Å². The maximum atomic E-state index is 3.45. The zero-order valence-corrected chi connectivity index (χ0v) is 13.2. The van der Waals surface area contributed by atoms with Crippen LogP contribution in [0.1, 0.15) is 51.2 Å². The number of hydrogen-bond donors (Lipinski definition) is 1. The van der Waals surface area contributed by atoms with E-state index in [1.165, 1.54) is 17.5 Å². The highest BCUT2D eigenvalue weighted by atomic mass is 15.1. The van der Waals surface area contributed by atoms with Crippen LogP contribution in [0.2, 0.25) is 0 Å². The largest absolute Gasteiger partial charge is 0.313 e. The van der Waals surface area contributed by atoms with E-state index in [1.807, 2.05) is 0 Å². The molecule has 0 fully saturated rings. The molecule has 0 spiro atoms. The van der Waals surface area contributed by atoms with Crippen LogP contribution in [-0.4, -0.2) is 31.1 Å². The zero-order valence-electron chi connectivity index (χ0n) is 13.2. The third-order valence-corrected chi connectivity index (χ3v) is 3.66. The van der Waals surface area contributed by atoms with Gasteiger partial charge in [0.1, 0.15) is 0 Å². The summed E-state index contributed by atoms with van der Waals surface area (Å²) in [6.45, 7) is 12.1. The van der Waals surface area contributed by atoms with Crippen LogP contribution >= 0.6 is 0 Å². The zero-order chi connectivity index (χ0) is 14.3. The molecule has 0 saturated heterocycles. The molecule has 0 bridgehead atoms. The molecule has 1 unspecified atom stereocenters. The van der Waals surface area contributed by atoms with Crippen molar-refractivity contribution in [3.63, 3.8) is 0 Å². The van der Waals surface area contributed by atoms with Gasteiger partial charge < -0.3 is 10.2 Å². The Morgan fingerprint density at radius 1 is 1.11 bits per heavy atom. The van der Waals surface area contributed by atoms with Crippen molar-refractivity contribution in [1.29, 1.82) is 0 Å². The molecule has 108 valence electrons. The predicted molar refractivity (Wildman–Crippen MR) is 84.6 cm³/mol. The molecular formula is C17H30N2. The molecule has 0 radical (unpaired) electrons. The van der Waals surface area contributed by atoms with Gasteiger partial charge in [0.2, 0.25) is 0 Å². The van der Waals surface area contributed by atoms with Gasteiger partial charge in [-0.15, -0.1) is 0 Å². The molecular weight excluding hydrogens is 232 g/mol. The van der Waals surface area contributed by atoms with E-state index in [2.05, 4.69) is 69.2 Å². The number of nitrogens with one attached hydrogen (secondary N) is 1. The summed E-state index contributed by atoms with van der Waals surface area (Å²) < 4.78 is 0. The van der Waals surface area contributed by atoms with Crippen molar-refractivity contribution in [2.45, 2.75) is 52.6 Å². The maximum Gasteiger partial charge on any atom is 0.0231 e. The number of rotatable bonds is 8. The van der Waals surface area contributed by atoms with Crippen molar-refractivity contribution in [2.75, 3.05) is 20.1 Å². The van der Waals surface area contributed by atoms with Gasteiger partial charge in [-0.25, -0.2) is 0 Å². The lowest BCUT2D eigenvalue weighted by atomic mass is 9.97. The van der Waals surface area contributed by atoms with Gasteiger partial charge >= 0.3 is 0 Å². The molecule has 0 aliphatic rings. The summed E-state index contributed by atoms with van der Waals surface area (Å²) in [7, 11) is 2.19. The van der Waals surface area contributed by atoms with Gasteiger partial charge in [0.15, 0.2) is 0 Å². The average molecular weight is 262 g/mol. The van der Waals surface area contributed by atoms with Crippen molar-refractivity contribution in [2.24, 2.45) is 0 Å². The second-order valence-electron chi connectivity index (χ2n) is 5.90. The summed E-state index contributed by atoms with van der Waals surface area (Å²) in [5, 5.41) is 3.45. The van der Waals surface area contributed by atoms with Crippen molar-refractivity contribution in [3.05, 3.63) is 35.4 Å². The Balaban J connectivity index is 2.40. The van der Waals surface area contributed by atoms with E-state index in [4.69, 9.17) is 0 Å². The van der Waals surface area contributed by atoms with Crippen molar-refractivity contribution >= 4 is 0 Å². The second-order valence-corrected chi connectivity index (χ2v) is 5.90. The Labute approximate surface area is 119 Å². The quantitative estimate of drug-likeness (QED) is 0.769. The average Bonchev–Trinajstić information content (AvgIpc) is 2.38. The van der Waals surface area contributed by atoms with Crippen LogP contribution in [0.3, 0.4) is 0 Å². The Morgan fingerprint density at radius 2 is 1.74 bits per heavy atom. The smallest absolute Gasteiger partial charge is 0.0231 e. The van der Waals surface area contributed by atoms with Gasteiger partial charge in [0, 0.05) is 25.7 Å². The minimum absolute atomic E-state index is 0.572. The SMILES string of the molecule is CCC(C)c1ccc(CN(C)CCNC(C)C)cc1. The molecule has 0 saturated carbocycles. The van der Waals surface area contributed by atoms with E-state index in [0.29, 0.717) is 12.0 Å². The van der Waals surface area contributed by atoms with Gasteiger partial charge in [-0.3, -0.25) is 0 Å². The fourth-order valence-corrected chi connectivity index (χ4v) is 2.12. The predicted octanol–water partition coefficient (Wildman–Crippen LogP) is 3.63. The molecule has 1 aromatic rings. The third kappa shape index (κ3) is 6.22. The Bertz CT molecular complexity index is 343. The highest BCUT2D eigenvalue weighted by Gasteiger charge is 2.04. The maximum absolute atomic E-state index is 3.45. The first-order valence-corrected chi connectivity index (χ1v) is 7.53. The molecule has 1 atom stereocenters. The Kier molecular flexibility index (Phi) is 7.11. The van der Waals surface area contributed by atoms with Crippen LogP contribution in [-0.2, 0) is 6.54 Å². The number of benzene rings is 1. The van der Waals surface area contributed by atoms with E-state index >= 15 is 0 Å². The first-order valence-electron chi connectivity index (χ1n) is 7.53. The Hall–Kier alpha value is -0.860. The molecule has 0 amide bonds. The molecule has 0 aliphatic heterocycles. The second kappa shape index (κ2) is 8.34. The highest BCUT2D eigenvalue weighted by Crippen LogP contribution is 2.19. The van der Waals surface area contributed by atoms with E-state index in [1.54, 1.807) is 0 Å². The van der Waals surface area contributed by atoms with Gasteiger partial charge in [-0.05, 0) is 30.5 Å². The molecule has 0 aromatic heterocycles. The summed E-state index contributed by atoms with van der Waals surface area (Å²) in [6.07, 6.45) is 1.21. The van der Waals surface area contributed by atoms with Crippen molar-refractivity contribution in [1.82, 2.24) is 10.2 Å². The highest BCUT2D eigenvalue weighted by molar-refractivity contribution is 5.24. The normalized spacial score (nSPS) is 13.2. The van der Waals surface area contributed by atoms with E-state index in [-0.39, 0.29) is 0 Å². The lowest BCUT2D eigenvalue weighted by molar-refractivity contribution is 0.320. The van der Waals surface area contributed by atoms with Crippen LogP contribution in [0.5, 0.6) is 0 Å². The summed E-state index contributed by atoms with van der Waals surface area (Å²) in [6, 6.07) is 9.68. The lowest BCUT2D eigenvalue weighted by Crippen LogP contribution is -2.32. The molecule has 1 rings (SSSR count). The minimum atomic E-state index is 0.572. The first-order chi connectivity index (χ1) is 9.02. The van der Waals surface area contributed by atoms with Gasteiger partial charge in [0.25, 0.3) is 0 Å². The molecule has 1 aromatic carbocycles. The van der Waals surface area contributed by atoms with Crippen molar-refractivity contribution < 1.29 is 0 Å². The molecule has 0 heterocycles. The van der Waals surface area contributed by atoms with Crippen LogP contribution < -0.4 is 5.32 Å². The molecule has 19 heavy (non-hydrogen) atoms. The fourth-order valence-electron chi connectivity index (χ4n) is 2.12. The number of likely N-dealkylation sites (N-methyl/N-ethyl adjacent to an activating group) is 1. The number of hydrogen-bond acceptors (Lipinski definition) is 2. The van der Waals surface area contributed by atoms with Crippen LogP contribution in [0, 0.1) is 0 Å². The van der Waals surface area contributed by atoms with Crippen LogP contribution in [0.4, 0.5) is 0 Å². The minimum Gasteiger partial charge on any atom is -0.313 e. The monoisotopic (exact) mass is 262 g/mol. The molecule has 0 aliphatic carbocycles. The summed E-state index contributed by atoms with van der Waals surface area (Å²) in [4.78, 5) is 2.37. The fraction of sp³-hybridized carbons (Fsp3) is 0.647. The topological polar surface area (TPSA) is 15.3 Å². The lowest BCUT2D eigenvalue weighted by Gasteiger charge is -2.18. The standard InChI is InChI=1S/C17H30N2/c1-6-15(4)17-9-7-16(8-10-17)13-19(5)12-11-18-14(2)3/h7-10,14-15,18H,6,11-13H2,1-5H3. The van der Waals surface area contributed by atoms with E-state index in [9.17, 15) is 0 Å². The molecule has 1 N–H and O–H groups in total. The first kappa shape index (κ1) is 16.2. The number of nitrogens with zero attached hydrogens (tertiary/aromatic N) is 1. The molecule has 2 heteroatoms. The van der Waals surface area contributed by atoms with Crippen molar-refractivity contribution in [3.8, 4) is 0 Å². The summed E-state index contributed by atoms with van der Waals surface area (Å²) >= 11 is 0. The van der Waals surface area contributed by atoms with Crippen LogP contribution in [0.25, 0.3) is 0 Å². The molecule has 2 nitrogen and oxygen atoms in total. The van der Waals surface area contributed by atoms with E-state index < -0.39 is 0 Å².